The Morgan fingerprint density at radius 3 is 2.94 bits per heavy atom. The maximum atomic E-state index is 11.0. The van der Waals surface area contributed by atoms with Crippen molar-refractivity contribution in [2.75, 3.05) is 13.7 Å². The summed E-state index contributed by atoms with van der Waals surface area (Å²) in [6.07, 6.45) is 0.964. The van der Waals surface area contributed by atoms with Crippen LogP contribution in [0.4, 0.5) is 0 Å². The molecule has 0 saturated carbocycles. The molecule has 1 unspecified atom stereocenters. The summed E-state index contributed by atoms with van der Waals surface area (Å²) in [5.74, 6) is -0.390. The van der Waals surface area contributed by atoms with Gasteiger partial charge in [-0.15, -0.1) is 0 Å². The smallest absolute Gasteiger partial charge is 0.248 e. The lowest BCUT2D eigenvalue weighted by molar-refractivity contribution is 0.1000. The summed E-state index contributed by atoms with van der Waals surface area (Å²) >= 11 is 0. The average Bonchev–Trinajstić information content (AvgIpc) is 2.34. The van der Waals surface area contributed by atoms with Gasteiger partial charge in [0.05, 0.1) is 0 Å². The van der Waals surface area contributed by atoms with Crippen LogP contribution in [0.3, 0.4) is 0 Å². The predicted molar refractivity (Wildman–Crippen MR) is 67.8 cm³/mol. The predicted octanol–water partition coefficient (Wildman–Crippen LogP) is 1.30. The maximum Gasteiger partial charge on any atom is 0.248 e. The average molecular weight is 236 g/mol. The minimum atomic E-state index is -0.390. The first kappa shape index (κ1) is 13.7. The molecule has 1 atom stereocenters. The van der Waals surface area contributed by atoms with Crippen LogP contribution in [0.1, 0.15) is 29.3 Å². The molecule has 0 aromatic heterocycles. The zero-order valence-corrected chi connectivity index (χ0v) is 10.4. The molecule has 0 heterocycles. The van der Waals surface area contributed by atoms with Crippen LogP contribution < -0.4 is 11.1 Å². The van der Waals surface area contributed by atoms with Crippen molar-refractivity contribution in [3.8, 4) is 0 Å². The number of nitrogens with two attached hydrogens (primary N) is 1. The van der Waals surface area contributed by atoms with Crippen LogP contribution in [-0.2, 0) is 11.3 Å². The highest BCUT2D eigenvalue weighted by Gasteiger charge is 2.03. The van der Waals surface area contributed by atoms with Gasteiger partial charge in [0.15, 0.2) is 0 Å². The van der Waals surface area contributed by atoms with Gasteiger partial charge in [0.2, 0.25) is 5.91 Å². The van der Waals surface area contributed by atoms with Gasteiger partial charge in [-0.1, -0.05) is 12.1 Å². The summed E-state index contributed by atoms with van der Waals surface area (Å²) in [6.45, 7) is 3.58. The standard InChI is InChI=1S/C13H20N2O2/c1-10(6-7-17-2)15-9-11-4-3-5-12(8-11)13(14)16/h3-5,8,10,15H,6-7,9H2,1-2H3,(H2,14,16). The van der Waals surface area contributed by atoms with E-state index in [1.165, 1.54) is 0 Å². The number of methoxy groups -OCH3 is 1. The molecule has 0 saturated heterocycles. The molecule has 1 amide bonds. The van der Waals surface area contributed by atoms with E-state index in [1.807, 2.05) is 18.2 Å². The van der Waals surface area contributed by atoms with Crippen molar-refractivity contribution in [1.29, 1.82) is 0 Å². The number of benzene rings is 1. The Morgan fingerprint density at radius 2 is 2.29 bits per heavy atom. The highest BCUT2D eigenvalue weighted by molar-refractivity contribution is 5.92. The Morgan fingerprint density at radius 1 is 1.53 bits per heavy atom. The van der Waals surface area contributed by atoms with Crippen LogP contribution in [0.5, 0.6) is 0 Å². The highest BCUT2D eigenvalue weighted by atomic mass is 16.5. The number of carbonyl (C=O) groups excluding carboxylic acids is 1. The SMILES string of the molecule is COCCC(C)NCc1cccc(C(N)=O)c1. The summed E-state index contributed by atoms with van der Waals surface area (Å²) in [4.78, 5) is 11.0. The molecule has 0 radical (unpaired) electrons. The summed E-state index contributed by atoms with van der Waals surface area (Å²) in [6, 6.07) is 7.74. The van der Waals surface area contributed by atoms with E-state index >= 15 is 0 Å². The second-order valence-electron chi connectivity index (χ2n) is 4.13. The van der Waals surface area contributed by atoms with Crippen molar-refractivity contribution in [3.05, 3.63) is 35.4 Å². The monoisotopic (exact) mass is 236 g/mol. The normalized spacial score (nSPS) is 12.4. The number of carbonyl (C=O) groups is 1. The van der Waals surface area contributed by atoms with Crippen LogP contribution in [-0.4, -0.2) is 25.7 Å². The Labute approximate surface area is 102 Å². The molecule has 94 valence electrons. The third kappa shape index (κ3) is 4.97. The lowest BCUT2D eigenvalue weighted by Crippen LogP contribution is -2.26. The van der Waals surface area contributed by atoms with Gasteiger partial charge < -0.3 is 15.8 Å². The molecule has 4 heteroatoms. The lowest BCUT2D eigenvalue weighted by atomic mass is 10.1. The molecular formula is C13H20N2O2. The molecule has 17 heavy (non-hydrogen) atoms. The van der Waals surface area contributed by atoms with Gasteiger partial charge in [0, 0.05) is 31.9 Å². The molecule has 1 aromatic carbocycles. The van der Waals surface area contributed by atoms with E-state index in [4.69, 9.17) is 10.5 Å². The third-order valence-electron chi connectivity index (χ3n) is 2.62. The number of primary amides is 1. The first-order valence-corrected chi connectivity index (χ1v) is 5.74. The number of ether oxygens (including phenoxy) is 1. The van der Waals surface area contributed by atoms with Crippen LogP contribution in [0.15, 0.2) is 24.3 Å². The molecule has 1 rings (SSSR count). The van der Waals surface area contributed by atoms with E-state index in [1.54, 1.807) is 13.2 Å². The minimum absolute atomic E-state index is 0.382. The van der Waals surface area contributed by atoms with Crippen molar-refractivity contribution in [2.24, 2.45) is 5.73 Å². The Kier molecular flexibility index (Phi) is 5.66. The fourth-order valence-electron chi connectivity index (χ4n) is 1.52. The first-order chi connectivity index (χ1) is 8.13. The van der Waals surface area contributed by atoms with E-state index in [-0.39, 0.29) is 5.91 Å². The summed E-state index contributed by atoms with van der Waals surface area (Å²) in [5.41, 5.74) is 6.84. The minimum Gasteiger partial charge on any atom is -0.385 e. The van der Waals surface area contributed by atoms with E-state index < -0.39 is 0 Å². The first-order valence-electron chi connectivity index (χ1n) is 5.74. The molecule has 1 aromatic rings. The fourth-order valence-corrected chi connectivity index (χ4v) is 1.52. The molecule has 4 nitrogen and oxygen atoms in total. The zero-order chi connectivity index (χ0) is 12.7. The van der Waals surface area contributed by atoms with Crippen LogP contribution in [0, 0.1) is 0 Å². The van der Waals surface area contributed by atoms with Crippen molar-refractivity contribution in [3.63, 3.8) is 0 Å². The number of amides is 1. The van der Waals surface area contributed by atoms with E-state index in [9.17, 15) is 4.79 Å². The van der Waals surface area contributed by atoms with E-state index in [2.05, 4.69) is 12.2 Å². The van der Waals surface area contributed by atoms with Gasteiger partial charge in [-0.05, 0) is 31.0 Å². The van der Waals surface area contributed by atoms with Crippen molar-refractivity contribution < 1.29 is 9.53 Å². The molecule has 0 bridgehead atoms. The molecule has 3 N–H and O–H groups in total. The Hall–Kier alpha value is -1.39. The topological polar surface area (TPSA) is 64.3 Å². The number of nitrogens with one attached hydrogen (secondary N) is 1. The van der Waals surface area contributed by atoms with Gasteiger partial charge in [-0.25, -0.2) is 0 Å². The number of rotatable bonds is 7. The van der Waals surface area contributed by atoms with Crippen molar-refractivity contribution in [1.82, 2.24) is 5.32 Å². The van der Waals surface area contributed by atoms with Gasteiger partial charge in [-0.2, -0.15) is 0 Å². The van der Waals surface area contributed by atoms with Crippen LogP contribution in [0.25, 0.3) is 0 Å². The largest absolute Gasteiger partial charge is 0.385 e. The van der Waals surface area contributed by atoms with Gasteiger partial charge in [0.1, 0.15) is 0 Å². The number of hydrogen-bond donors (Lipinski definition) is 2. The molecular weight excluding hydrogens is 216 g/mol. The van der Waals surface area contributed by atoms with E-state index in [0.29, 0.717) is 11.6 Å². The van der Waals surface area contributed by atoms with Gasteiger partial charge in [0.25, 0.3) is 0 Å². The highest BCUT2D eigenvalue weighted by Crippen LogP contribution is 2.05. The Bertz CT molecular complexity index is 366. The summed E-state index contributed by atoms with van der Waals surface area (Å²) < 4.78 is 5.01. The second-order valence-corrected chi connectivity index (χ2v) is 4.13. The second kappa shape index (κ2) is 7.04. The summed E-state index contributed by atoms with van der Waals surface area (Å²) in [7, 11) is 1.70. The van der Waals surface area contributed by atoms with Crippen LogP contribution >= 0.6 is 0 Å². The lowest BCUT2D eigenvalue weighted by Gasteiger charge is -2.13. The molecule has 0 aliphatic heterocycles. The quantitative estimate of drug-likeness (QED) is 0.750. The summed E-state index contributed by atoms with van der Waals surface area (Å²) in [5, 5.41) is 3.37. The Balaban J connectivity index is 2.46. The molecule has 0 spiro atoms. The third-order valence-corrected chi connectivity index (χ3v) is 2.62. The number of hydrogen-bond acceptors (Lipinski definition) is 3. The van der Waals surface area contributed by atoms with Gasteiger partial charge in [-0.3, -0.25) is 4.79 Å². The molecule has 0 aliphatic rings. The maximum absolute atomic E-state index is 11.0. The van der Waals surface area contributed by atoms with Crippen molar-refractivity contribution >= 4 is 5.91 Å². The zero-order valence-electron chi connectivity index (χ0n) is 10.4. The molecule has 0 fully saturated rings. The molecule has 0 aliphatic carbocycles. The van der Waals surface area contributed by atoms with Crippen molar-refractivity contribution in [2.45, 2.75) is 25.9 Å². The van der Waals surface area contributed by atoms with Crippen LogP contribution in [0.2, 0.25) is 0 Å². The van der Waals surface area contributed by atoms with Gasteiger partial charge >= 0.3 is 0 Å². The fraction of sp³-hybridized carbons (Fsp3) is 0.462. The van der Waals surface area contributed by atoms with E-state index in [0.717, 1.165) is 25.1 Å².